The van der Waals surface area contributed by atoms with E-state index < -0.39 is 5.97 Å². The Bertz CT molecular complexity index is 618. The van der Waals surface area contributed by atoms with Gasteiger partial charge in [-0.1, -0.05) is 12.1 Å². The van der Waals surface area contributed by atoms with Crippen molar-refractivity contribution >= 4 is 17.7 Å². The number of anilines is 1. The second-order valence-corrected chi connectivity index (χ2v) is 7.15. The Morgan fingerprint density at radius 2 is 1.76 bits per heavy atom. The van der Waals surface area contributed by atoms with Crippen LogP contribution in [0.3, 0.4) is 0 Å². The summed E-state index contributed by atoms with van der Waals surface area (Å²) in [5.74, 6) is -0.955. The van der Waals surface area contributed by atoms with E-state index in [4.69, 9.17) is 5.11 Å². The zero-order valence-electron chi connectivity index (χ0n) is 14.8. The van der Waals surface area contributed by atoms with Gasteiger partial charge in [0.1, 0.15) is 0 Å². The van der Waals surface area contributed by atoms with Crippen LogP contribution in [-0.4, -0.2) is 54.2 Å². The Hall–Kier alpha value is -2.24. The van der Waals surface area contributed by atoms with Crippen molar-refractivity contribution < 1.29 is 14.7 Å². The average Bonchev–Trinajstić information content (AvgIpc) is 2.62. The third-order valence-corrected chi connectivity index (χ3v) is 5.34. The summed E-state index contributed by atoms with van der Waals surface area (Å²) in [5, 5.41) is 12.1. The maximum atomic E-state index is 12.5. The van der Waals surface area contributed by atoms with Gasteiger partial charge >= 0.3 is 12.0 Å². The highest BCUT2D eigenvalue weighted by Crippen LogP contribution is 2.24. The molecule has 1 saturated carbocycles. The summed E-state index contributed by atoms with van der Waals surface area (Å²) in [6.07, 6.45) is 2.82. The zero-order chi connectivity index (χ0) is 17.8. The van der Waals surface area contributed by atoms with Crippen LogP contribution in [0.4, 0.5) is 10.5 Å². The summed E-state index contributed by atoms with van der Waals surface area (Å²) in [6, 6.07) is 8.55. The number of carbonyl (C=O) groups excluding carboxylic acids is 1. The van der Waals surface area contributed by atoms with Crippen LogP contribution in [0.2, 0.25) is 0 Å². The van der Waals surface area contributed by atoms with E-state index in [0.717, 1.165) is 25.9 Å². The summed E-state index contributed by atoms with van der Waals surface area (Å²) < 4.78 is 0. The summed E-state index contributed by atoms with van der Waals surface area (Å²) in [5.41, 5.74) is 2.46. The van der Waals surface area contributed by atoms with Gasteiger partial charge in [-0.05, 0) is 50.3 Å². The number of piperazine rings is 1. The molecule has 2 aliphatic rings. The summed E-state index contributed by atoms with van der Waals surface area (Å²) in [4.78, 5) is 27.6. The minimum absolute atomic E-state index is 0.0114. The van der Waals surface area contributed by atoms with E-state index >= 15 is 0 Å². The van der Waals surface area contributed by atoms with E-state index in [2.05, 4.69) is 41.4 Å². The first-order valence-electron chi connectivity index (χ1n) is 9.13. The van der Waals surface area contributed by atoms with Gasteiger partial charge in [0.15, 0.2) is 0 Å². The molecule has 0 unspecified atom stereocenters. The van der Waals surface area contributed by atoms with Crippen LogP contribution in [0.15, 0.2) is 24.3 Å². The zero-order valence-corrected chi connectivity index (χ0v) is 14.8. The molecule has 0 atom stereocenters. The van der Waals surface area contributed by atoms with Gasteiger partial charge in [0.2, 0.25) is 0 Å². The molecule has 2 N–H and O–H groups in total. The summed E-state index contributed by atoms with van der Waals surface area (Å²) in [6.45, 7) is 5.19. The Balaban J connectivity index is 1.45. The molecule has 0 aromatic heterocycles. The lowest BCUT2D eigenvalue weighted by atomic mass is 9.86. The van der Waals surface area contributed by atoms with Crippen molar-refractivity contribution in [1.82, 2.24) is 10.2 Å². The van der Waals surface area contributed by atoms with E-state index in [1.165, 1.54) is 11.3 Å². The number of nitrogens with zero attached hydrogens (tertiary/aromatic N) is 2. The largest absolute Gasteiger partial charge is 0.481 e. The Kier molecular flexibility index (Phi) is 5.46. The molecule has 25 heavy (non-hydrogen) atoms. The summed E-state index contributed by atoms with van der Waals surface area (Å²) >= 11 is 0. The fraction of sp³-hybridized carbons (Fsp3) is 0.579. The molecule has 2 amide bonds. The first kappa shape index (κ1) is 17.6. The highest BCUT2D eigenvalue weighted by atomic mass is 16.4. The maximum Gasteiger partial charge on any atom is 0.317 e. The quantitative estimate of drug-likeness (QED) is 0.883. The van der Waals surface area contributed by atoms with Crippen LogP contribution in [0.1, 0.15) is 31.2 Å². The molecule has 6 heteroatoms. The predicted octanol–water partition coefficient (Wildman–Crippen LogP) is 2.47. The number of aliphatic carboxylic acids is 1. The van der Waals surface area contributed by atoms with Crippen LogP contribution in [-0.2, 0) is 4.79 Å². The van der Waals surface area contributed by atoms with Crippen LogP contribution >= 0.6 is 0 Å². The lowest BCUT2D eigenvalue weighted by Gasteiger charge is -2.37. The van der Waals surface area contributed by atoms with Crippen LogP contribution in [0.5, 0.6) is 0 Å². The van der Waals surface area contributed by atoms with Crippen molar-refractivity contribution in [1.29, 1.82) is 0 Å². The molecule has 0 bridgehead atoms. The second-order valence-electron chi connectivity index (χ2n) is 7.15. The Morgan fingerprint density at radius 3 is 2.36 bits per heavy atom. The van der Waals surface area contributed by atoms with Crippen molar-refractivity contribution in [2.45, 2.75) is 38.6 Å². The third kappa shape index (κ3) is 4.44. The molecule has 0 spiro atoms. The number of hydrogen-bond donors (Lipinski definition) is 2. The van der Waals surface area contributed by atoms with E-state index in [9.17, 15) is 9.59 Å². The number of carboxylic acids is 1. The van der Waals surface area contributed by atoms with Gasteiger partial charge < -0.3 is 20.2 Å². The molecule has 1 heterocycles. The van der Waals surface area contributed by atoms with Crippen molar-refractivity contribution in [3.8, 4) is 0 Å². The number of benzene rings is 1. The van der Waals surface area contributed by atoms with E-state index in [0.29, 0.717) is 25.9 Å². The smallest absolute Gasteiger partial charge is 0.317 e. The molecular weight excluding hydrogens is 318 g/mol. The molecule has 136 valence electrons. The fourth-order valence-electron chi connectivity index (χ4n) is 3.74. The van der Waals surface area contributed by atoms with Crippen LogP contribution in [0, 0.1) is 12.8 Å². The number of hydrogen-bond acceptors (Lipinski definition) is 3. The standard InChI is InChI=1S/C19H27N3O3/c1-14-3-2-4-17(13-14)21-9-11-22(12-10-21)19(25)20-16-7-5-15(6-8-16)18(23)24/h2-4,13,15-16H,5-12H2,1H3,(H,20,25)(H,23,24). The summed E-state index contributed by atoms with van der Waals surface area (Å²) in [7, 11) is 0. The highest BCUT2D eigenvalue weighted by Gasteiger charge is 2.28. The molecule has 1 aliphatic heterocycles. The minimum Gasteiger partial charge on any atom is -0.481 e. The van der Waals surface area contributed by atoms with Crippen molar-refractivity contribution in [2.24, 2.45) is 5.92 Å². The SMILES string of the molecule is Cc1cccc(N2CCN(C(=O)NC3CCC(C(=O)O)CC3)CC2)c1. The number of rotatable bonds is 3. The number of aryl methyl sites for hydroxylation is 1. The van der Waals surface area contributed by atoms with Gasteiger partial charge in [-0.2, -0.15) is 0 Å². The maximum absolute atomic E-state index is 12.5. The topological polar surface area (TPSA) is 72.9 Å². The van der Waals surface area contributed by atoms with Gasteiger partial charge in [0, 0.05) is 37.9 Å². The number of carbonyl (C=O) groups is 2. The fourth-order valence-corrected chi connectivity index (χ4v) is 3.74. The van der Waals surface area contributed by atoms with Crippen molar-refractivity contribution in [3.05, 3.63) is 29.8 Å². The number of urea groups is 1. The first-order valence-corrected chi connectivity index (χ1v) is 9.13. The van der Waals surface area contributed by atoms with Crippen LogP contribution in [0.25, 0.3) is 0 Å². The Labute approximate surface area is 148 Å². The molecule has 1 aliphatic carbocycles. The molecule has 2 fully saturated rings. The van der Waals surface area contributed by atoms with Crippen LogP contribution < -0.4 is 10.2 Å². The van der Waals surface area contributed by atoms with Crippen molar-refractivity contribution in [2.75, 3.05) is 31.1 Å². The minimum atomic E-state index is -0.711. The number of carboxylic acid groups (broad SMARTS) is 1. The van der Waals surface area contributed by atoms with E-state index in [1.807, 2.05) is 4.90 Å². The molecule has 1 aromatic rings. The van der Waals surface area contributed by atoms with Gasteiger partial charge in [-0.3, -0.25) is 4.79 Å². The second kappa shape index (κ2) is 7.76. The van der Waals surface area contributed by atoms with Gasteiger partial charge in [0.05, 0.1) is 5.92 Å². The van der Waals surface area contributed by atoms with Gasteiger partial charge in [-0.15, -0.1) is 0 Å². The monoisotopic (exact) mass is 345 g/mol. The number of amides is 2. The highest BCUT2D eigenvalue weighted by molar-refractivity contribution is 5.75. The number of nitrogens with one attached hydrogen (secondary N) is 1. The average molecular weight is 345 g/mol. The normalized spacial score (nSPS) is 24.0. The van der Waals surface area contributed by atoms with E-state index in [1.54, 1.807) is 0 Å². The Morgan fingerprint density at radius 1 is 1.08 bits per heavy atom. The molecule has 1 aromatic carbocycles. The molecule has 1 saturated heterocycles. The van der Waals surface area contributed by atoms with E-state index in [-0.39, 0.29) is 18.0 Å². The molecular formula is C19H27N3O3. The van der Waals surface area contributed by atoms with Gasteiger partial charge in [0.25, 0.3) is 0 Å². The molecule has 6 nitrogen and oxygen atoms in total. The van der Waals surface area contributed by atoms with Gasteiger partial charge in [-0.25, -0.2) is 4.79 Å². The first-order chi connectivity index (χ1) is 12.0. The molecule has 0 radical (unpaired) electrons. The third-order valence-electron chi connectivity index (χ3n) is 5.34. The lowest BCUT2D eigenvalue weighted by Crippen LogP contribution is -2.54. The predicted molar refractivity (Wildman–Crippen MR) is 96.9 cm³/mol. The van der Waals surface area contributed by atoms with Crippen molar-refractivity contribution in [3.63, 3.8) is 0 Å². The lowest BCUT2D eigenvalue weighted by molar-refractivity contribution is -0.142. The molecule has 3 rings (SSSR count).